The van der Waals surface area contributed by atoms with Crippen molar-refractivity contribution in [3.8, 4) is 5.69 Å². The first-order valence-corrected chi connectivity index (χ1v) is 6.71. The van der Waals surface area contributed by atoms with Gasteiger partial charge in [-0.2, -0.15) is 10.2 Å². The summed E-state index contributed by atoms with van der Waals surface area (Å²) in [5.74, 6) is 0. The van der Waals surface area contributed by atoms with Gasteiger partial charge in [0.2, 0.25) is 0 Å². The van der Waals surface area contributed by atoms with Crippen LogP contribution in [0.15, 0.2) is 55.0 Å². The largest absolute Gasteiger partial charge is 0.379 e. The first kappa shape index (κ1) is 12.5. The van der Waals surface area contributed by atoms with Crippen molar-refractivity contribution in [2.45, 2.75) is 20.0 Å². The van der Waals surface area contributed by atoms with Crippen molar-refractivity contribution in [3.05, 3.63) is 60.7 Å². The lowest BCUT2D eigenvalue weighted by atomic mass is 10.2. The van der Waals surface area contributed by atoms with Gasteiger partial charge in [0.05, 0.1) is 17.9 Å². The number of hydrogen-bond acceptors (Lipinski definition) is 3. The van der Waals surface area contributed by atoms with Gasteiger partial charge < -0.3 is 5.32 Å². The third-order valence-corrected chi connectivity index (χ3v) is 3.19. The lowest BCUT2D eigenvalue weighted by Crippen LogP contribution is -2.08. The van der Waals surface area contributed by atoms with Crippen molar-refractivity contribution in [3.63, 3.8) is 0 Å². The summed E-state index contributed by atoms with van der Waals surface area (Å²) < 4.78 is 3.84. The Morgan fingerprint density at radius 2 is 2.05 bits per heavy atom. The van der Waals surface area contributed by atoms with E-state index in [1.54, 1.807) is 6.20 Å². The molecule has 102 valence electrons. The van der Waals surface area contributed by atoms with Crippen LogP contribution >= 0.6 is 0 Å². The molecule has 2 aromatic heterocycles. The molecule has 0 radical (unpaired) electrons. The molecular formula is C15H17N5. The first-order valence-electron chi connectivity index (χ1n) is 6.71. The summed E-state index contributed by atoms with van der Waals surface area (Å²) >= 11 is 0. The zero-order chi connectivity index (χ0) is 13.8. The Balaban J connectivity index is 1.74. The van der Waals surface area contributed by atoms with E-state index in [1.165, 1.54) is 5.69 Å². The summed E-state index contributed by atoms with van der Waals surface area (Å²) in [6.07, 6.45) is 5.55. The maximum Gasteiger partial charge on any atom is 0.0666 e. The number of benzene rings is 1. The topological polar surface area (TPSA) is 47.7 Å². The first-order chi connectivity index (χ1) is 9.86. The minimum atomic E-state index is 0.760. The molecule has 0 atom stereocenters. The van der Waals surface area contributed by atoms with E-state index in [0.717, 1.165) is 24.5 Å². The lowest BCUT2D eigenvalue weighted by molar-refractivity contribution is 0.627. The van der Waals surface area contributed by atoms with E-state index in [0.29, 0.717) is 0 Å². The zero-order valence-electron chi connectivity index (χ0n) is 11.4. The van der Waals surface area contributed by atoms with Gasteiger partial charge in [-0.25, -0.2) is 4.68 Å². The number of hydrogen-bond donors (Lipinski definition) is 1. The molecule has 0 fully saturated rings. The highest BCUT2D eigenvalue weighted by Gasteiger charge is 2.02. The molecule has 0 amide bonds. The Kier molecular flexibility index (Phi) is 3.50. The van der Waals surface area contributed by atoms with Crippen LogP contribution in [-0.4, -0.2) is 19.6 Å². The molecule has 0 aliphatic rings. The Bertz CT molecular complexity index is 669. The average molecular weight is 267 g/mol. The molecule has 3 aromatic rings. The summed E-state index contributed by atoms with van der Waals surface area (Å²) in [6, 6.07) is 12.2. The normalized spacial score (nSPS) is 10.7. The zero-order valence-corrected chi connectivity index (χ0v) is 11.4. The molecule has 5 nitrogen and oxygen atoms in total. The van der Waals surface area contributed by atoms with Crippen LogP contribution in [-0.2, 0) is 13.1 Å². The monoisotopic (exact) mass is 267 g/mol. The number of rotatable bonds is 5. The second-order valence-electron chi connectivity index (χ2n) is 4.49. The Morgan fingerprint density at radius 3 is 2.85 bits per heavy atom. The van der Waals surface area contributed by atoms with Crippen molar-refractivity contribution in [1.82, 2.24) is 19.6 Å². The minimum Gasteiger partial charge on any atom is -0.379 e. The van der Waals surface area contributed by atoms with Crippen molar-refractivity contribution in [2.24, 2.45) is 0 Å². The van der Waals surface area contributed by atoms with E-state index < -0.39 is 0 Å². The summed E-state index contributed by atoms with van der Waals surface area (Å²) in [4.78, 5) is 0. The van der Waals surface area contributed by atoms with Gasteiger partial charge in [-0.05, 0) is 37.3 Å². The van der Waals surface area contributed by atoms with E-state index in [-0.39, 0.29) is 0 Å². The van der Waals surface area contributed by atoms with Crippen LogP contribution in [0.3, 0.4) is 0 Å². The molecule has 0 aliphatic carbocycles. The minimum absolute atomic E-state index is 0.760. The molecule has 1 N–H and O–H groups in total. The number of nitrogens with zero attached hydrogens (tertiary/aromatic N) is 4. The predicted octanol–water partition coefficient (Wildman–Crippen LogP) is 2.70. The van der Waals surface area contributed by atoms with E-state index >= 15 is 0 Å². The van der Waals surface area contributed by atoms with Gasteiger partial charge in [-0.15, -0.1) is 0 Å². The molecule has 3 rings (SSSR count). The van der Waals surface area contributed by atoms with E-state index in [2.05, 4.69) is 34.6 Å². The molecular weight excluding hydrogens is 250 g/mol. The van der Waals surface area contributed by atoms with Crippen molar-refractivity contribution in [1.29, 1.82) is 0 Å². The van der Waals surface area contributed by atoms with Crippen LogP contribution in [0.1, 0.15) is 12.6 Å². The number of aryl methyl sites for hydroxylation is 1. The molecule has 0 bridgehead atoms. The van der Waals surface area contributed by atoms with E-state index in [9.17, 15) is 0 Å². The average Bonchev–Trinajstić information content (AvgIpc) is 3.16. The van der Waals surface area contributed by atoms with Crippen LogP contribution in [0, 0.1) is 0 Å². The quantitative estimate of drug-likeness (QED) is 0.773. The van der Waals surface area contributed by atoms with Crippen molar-refractivity contribution >= 4 is 5.69 Å². The summed E-state index contributed by atoms with van der Waals surface area (Å²) in [5.41, 5.74) is 3.29. The Hall–Kier alpha value is -2.56. The molecule has 0 unspecified atom stereocenters. The van der Waals surface area contributed by atoms with Crippen LogP contribution in [0.4, 0.5) is 5.69 Å². The Morgan fingerprint density at radius 1 is 1.10 bits per heavy atom. The summed E-state index contributed by atoms with van der Waals surface area (Å²) in [7, 11) is 0. The molecule has 0 spiro atoms. The molecule has 1 aromatic carbocycles. The third kappa shape index (κ3) is 2.56. The smallest absolute Gasteiger partial charge is 0.0666 e. The SMILES string of the molecule is CCn1nccc1CNc1cccc(-n2cccn2)c1. The fourth-order valence-electron chi connectivity index (χ4n) is 2.17. The third-order valence-electron chi connectivity index (χ3n) is 3.19. The maximum atomic E-state index is 4.27. The maximum absolute atomic E-state index is 4.27. The molecule has 5 heteroatoms. The second-order valence-corrected chi connectivity index (χ2v) is 4.49. The van der Waals surface area contributed by atoms with Gasteiger partial charge in [0, 0.05) is 30.8 Å². The highest BCUT2D eigenvalue weighted by atomic mass is 15.3. The Labute approximate surface area is 117 Å². The predicted molar refractivity (Wildman–Crippen MR) is 78.8 cm³/mol. The molecule has 0 saturated heterocycles. The van der Waals surface area contributed by atoms with Crippen LogP contribution < -0.4 is 5.32 Å². The molecule has 0 saturated carbocycles. The van der Waals surface area contributed by atoms with Crippen molar-refractivity contribution in [2.75, 3.05) is 5.32 Å². The highest BCUT2D eigenvalue weighted by Crippen LogP contribution is 2.15. The van der Waals surface area contributed by atoms with E-state index in [1.807, 2.05) is 46.0 Å². The van der Waals surface area contributed by atoms with Crippen LogP contribution in [0.2, 0.25) is 0 Å². The summed E-state index contributed by atoms with van der Waals surface area (Å²) in [6.45, 7) is 3.74. The van der Waals surface area contributed by atoms with Crippen LogP contribution in [0.25, 0.3) is 5.69 Å². The highest BCUT2D eigenvalue weighted by molar-refractivity contribution is 5.50. The second kappa shape index (κ2) is 5.61. The van der Waals surface area contributed by atoms with Gasteiger partial charge in [0.25, 0.3) is 0 Å². The van der Waals surface area contributed by atoms with Gasteiger partial charge >= 0.3 is 0 Å². The fraction of sp³-hybridized carbons (Fsp3) is 0.200. The molecule has 2 heterocycles. The van der Waals surface area contributed by atoms with Gasteiger partial charge in [0.15, 0.2) is 0 Å². The standard InChI is InChI=1S/C15H17N5/c1-2-19-15(7-9-18-19)12-16-13-5-3-6-14(11-13)20-10-4-8-17-20/h3-11,16H,2,12H2,1H3. The number of nitrogens with one attached hydrogen (secondary N) is 1. The molecule has 20 heavy (non-hydrogen) atoms. The summed E-state index contributed by atoms with van der Waals surface area (Å²) in [5, 5.41) is 11.9. The molecule has 0 aliphatic heterocycles. The van der Waals surface area contributed by atoms with Crippen molar-refractivity contribution < 1.29 is 0 Å². The van der Waals surface area contributed by atoms with Crippen LogP contribution in [0.5, 0.6) is 0 Å². The number of anilines is 1. The van der Waals surface area contributed by atoms with Gasteiger partial charge in [-0.3, -0.25) is 4.68 Å². The lowest BCUT2D eigenvalue weighted by Gasteiger charge is -2.09. The van der Waals surface area contributed by atoms with Gasteiger partial charge in [-0.1, -0.05) is 6.07 Å². The van der Waals surface area contributed by atoms with Gasteiger partial charge in [0.1, 0.15) is 0 Å². The fourth-order valence-corrected chi connectivity index (χ4v) is 2.17. The number of aromatic nitrogens is 4. The van der Waals surface area contributed by atoms with E-state index in [4.69, 9.17) is 0 Å².